The molecule has 0 saturated heterocycles. The van der Waals surface area contributed by atoms with Crippen LogP contribution in [-0.4, -0.2) is 18.2 Å². The molecular weight excluding hydrogens is 275 g/mol. The SMILES string of the molecule is COc1ccc(OCc2cc(F)cc(/C(N)=N/O)c2)cc1. The van der Waals surface area contributed by atoms with Gasteiger partial charge in [-0.25, -0.2) is 4.39 Å². The van der Waals surface area contributed by atoms with Gasteiger partial charge in [0.1, 0.15) is 23.9 Å². The topological polar surface area (TPSA) is 77.1 Å². The lowest BCUT2D eigenvalue weighted by atomic mass is 10.1. The predicted molar refractivity (Wildman–Crippen MR) is 76.2 cm³/mol. The summed E-state index contributed by atoms with van der Waals surface area (Å²) in [5.74, 6) is 0.723. The lowest BCUT2D eigenvalue weighted by Crippen LogP contribution is -2.14. The van der Waals surface area contributed by atoms with Crippen molar-refractivity contribution in [1.29, 1.82) is 0 Å². The van der Waals surface area contributed by atoms with Crippen molar-refractivity contribution in [2.24, 2.45) is 10.9 Å². The van der Waals surface area contributed by atoms with Gasteiger partial charge in [-0.3, -0.25) is 0 Å². The van der Waals surface area contributed by atoms with Gasteiger partial charge in [-0.15, -0.1) is 0 Å². The highest BCUT2D eigenvalue weighted by Crippen LogP contribution is 2.19. The van der Waals surface area contributed by atoms with Gasteiger partial charge in [0.25, 0.3) is 0 Å². The second-order valence-electron chi connectivity index (χ2n) is 4.30. The number of nitrogens with two attached hydrogens (primary N) is 1. The first kappa shape index (κ1) is 14.6. The molecule has 6 heteroatoms. The molecule has 0 radical (unpaired) electrons. The van der Waals surface area contributed by atoms with Crippen LogP contribution in [0.3, 0.4) is 0 Å². The third kappa shape index (κ3) is 3.85. The van der Waals surface area contributed by atoms with Gasteiger partial charge >= 0.3 is 0 Å². The van der Waals surface area contributed by atoms with E-state index in [0.29, 0.717) is 16.9 Å². The molecule has 0 fully saturated rings. The fourth-order valence-corrected chi connectivity index (χ4v) is 1.78. The van der Waals surface area contributed by atoms with E-state index in [1.807, 2.05) is 0 Å². The second kappa shape index (κ2) is 6.60. The van der Waals surface area contributed by atoms with E-state index < -0.39 is 5.82 Å². The Labute approximate surface area is 121 Å². The molecule has 0 bridgehead atoms. The van der Waals surface area contributed by atoms with Crippen molar-refractivity contribution in [2.45, 2.75) is 6.61 Å². The van der Waals surface area contributed by atoms with E-state index in [-0.39, 0.29) is 12.4 Å². The van der Waals surface area contributed by atoms with Crippen LogP contribution in [0.25, 0.3) is 0 Å². The van der Waals surface area contributed by atoms with Crippen LogP contribution in [0.1, 0.15) is 11.1 Å². The molecule has 0 saturated carbocycles. The molecule has 110 valence electrons. The zero-order chi connectivity index (χ0) is 15.2. The van der Waals surface area contributed by atoms with Crippen molar-refractivity contribution in [3.63, 3.8) is 0 Å². The Bertz CT molecular complexity index is 642. The summed E-state index contributed by atoms with van der Waals surface area (Å²) in [7, 11) is 1.58. The number of oxime groups is 1. The molecule has 0 amide bonds. The fourth-order valence-electron chi connectivity index (χ4n) is 1.78. The summed E-state index contributed by atoms with van der Waals surface area (Å²) < 4.78 is 24.1. The summed E-state index contributed by atoms with van der Waals surface area (Å²) in [4.78, 5) is 0. The Kier molecular flexibility index (Phi) is 4.61. The highest BCUT2D eigenvalue weighted by Gasteiger charge is 2.06. The molecule has 3 N–H and O–H groups in total. The van der Waals surface area contributed by atoms with Gasteiger partial charge in [0, 0.05) is 5.56 Å². The summed E-state index contributed by atoms with van der Waals surface area (Å²) in [5, 5.41) is 11.5. The van der Waals surface area contributed by atoms with E-state index in [1.165, 1.54) is 12.1 Å². The third-order valence-corrected chi connectivity index (χ3v) is 2.83. The predicted octanol–water partition coefficient (Wildman–Crippen LogP) is 2.51. The number of methoxy groups -OCH3 is 1. The number of rotatable bonds is 5. The maximum absolute atomic E-state index is 13.5. The Hall–Kier alpha value is -2.76. The Balaban J connectivity index is 2.10. The van der Waals surface area contributed by atoms with Gasteiger partial charge in [0.2, 0.25) is 0 Å². The maximum Gasteiger partial charge on any atom is 0.170 e. The monoisotopic (exact) mass is 290 g/mol. The van der Waals surface area contributed by atoms with Crippen LogP contribution in [0, 0.1) is 5.82 Å². The summed E-state index contributed by atoms with van der Waals surface area (Å²) in [6.45, 7) is 0.162. The van der Waals surface area contributed by atoms with Gasteiger partial charge < -0.3 is 20.4 Å². The average Bonchev–Trinajstić information content (AvgIpc) is 2.52. The van der Waals surface area contributed by atoms with E-state index in [2.05, 4.69) is 5.16 Å². The maximum atomic E-state index is 13.5. The lowest BCUT2D eigenvalue weighted by molar-refractivity contribution is 0.304. The first-order valence-electron chi connectivity index (χ1n) is 6.16. The summed E-state index contributed by atoms with van der Waals surface area (Å²) in [6.07, 6.45) is 0. The van der Waals surface area contributed by atoms with Gasteiger partial charge in [-0.05, 0) is 48.0 Å². The molecule has 21 heavy (non-hydrogen) atoms. The van der Waals surface area contributed by atoms with Gasteiger partial charge in [0.05, 0.1) is 7.11 Å². The Morgan fingerprint density at radius 3 is 2.48 bits per heavy atom. The first-order chi connectivity index (χ1) is 10.1. The number of amidine groups is 1. The second-order valence-corrected chi connectivity index (χ2v) is 4.30. The van der Waals surface area contributed by atoms with Crippen LogP contribution < -0.4 is 15.2 Å². The molecular formula is C15H15FN2O3. The zero-order valence-electron chi connectivity index (χ0n) is 11.4. The number of nitrogens with zero attached hydrogens (tertiary/aromatic N) is 1. The fraction of sp³-hybridized carbons (Fsp3) is 0.133. The molecule has 0 heterocycles. The summed E-state index contributed by atoms with van der Waals surface area (Å²) in [5.41, 5.74) is 6.32. The van der Waals surface area contributed by atoms with Crippen LogP contribution in [0.5, 0.6) is 11.5 Å². The van der Waals surface area contributed by atoms with Crippen molar-refractivity contribution in [1.82, 2.24) is 0 Å². The molecule has 2 aromatic carbocycles. The van der Waals surface area contributed by atoms with E-state index in [9.17, 15) is 4.39 Å². The molecule has 0 spiro atoms. The van der Waals surface area contributed by atoms with Gasteiger partial charge in [0.15, 0.2) is 5.84 Å². The average molecular weight is 290 g/mol. The summed E-state index contributed by atoms with van der Waals surface area (Å²) in [6, 6.07) is 11.2. The number of hydrogen-bond donors (Lipinski definition) is 2. The van der Waals surface area contributed by atoms with Crippen LogP contribution >= 0.6 is 0 Å². The van der Waals surface area contributed by atoms with E-state index >= 15 is 0 Å². The molecule has 2 rings (SSSR count). The molecule has 0 aliphatic heterocycles. The first-order valence-corrected chi connectivity index (χ1v) is 6.16. The molecule has 0 aromatic heterocycles. The Morgan fingerprint density at radius 2 is 1.86 bits per heavy atom. The smallest absolute Gasteiger partial charge is 0.170 e. The normalized spacial score (nSPS) is 11.2. The number of halogens is 1. The van der Waals surface area contributed by atoms with Crippen LogP contribution in [0.2, 0.25) is 0 Å². The molecule has 5 nitrogen and oxygen atoms in total. The Morgan fingerprint density at radius 1 is 1.19 bits per heavy atom. The standard InChI is InChI=1S/C15H15FN2O3/c1-20-13-2-4-14(5-3-13)21-9-10-6-11(15(17)18-19)8-12(16)7-10/h2-8,19H,9H2,1H3,(H2,17,18). The highest BCUT2D eigenvalue weighted by atomic mass is 19.1. The van der Waals surface area contributed by atoms with Crippen LogP contribution in [0.4, 0.5) is 4.39 Å². The van der Waals surface area contributed by atoms with E-state index in [0.717, 1.165) is 5.75 Å². The van der Waals surface area contributed by atoms with Gasteiger partial charge in [-0.1, -0.05) is 5.16 Å². The molecule has 0 unspecified atom stereocenters. The van der Waals surface area contributed by atoms with E-state index in [1.54, 1.807) is 37.4 Å². The van der Waals surface area contributed by atoms with Crippen molar-refractivity contribution in [3.05, 3.63) is 59.4 Å². The molecule has 0 aliphatic carbocycles. The van der Waals surface area contributed by atoms with Gasteiger partial charge in [-0.2, -0.15) is 0 Å². The van der Waals surface area contributed by atoms with Crippen molar-refractivity contribution in [2.75, 3.05) is 7.11 Å². The quantitative estimate of drug-likeness (QED) is 0.384. The minimum absolute atomic E-state index is 0.153. The third-order valence-electron chi connectivity index (χ3n) is 2.83. The van der Waals surface area contributed by atoms with E-state index in [4.69, 9.17) is 20.4 Å². The molecule has 2 aromatic rings. The number of benzene rings is 2. The molecule has 0 aliphatic rings. The van der Waals surface area contributed by atoms with Crippen molar-refractivity contribution >= 4 is 5.84 Å². The highest BCUT2D eigenvalue weighted by molar-refractivity contribution is 5.97. The summed E-state index contributed by atoms with van der Waals surface area (Å²) >= 11 is 0. The van der Waals surface area contributed by atoms with Crippen LogP contribution in [0.15, 0.2) is 47.6 Å². The zero-order valence-corrected chi connectivity index (χ0v) is 11.4. The largest absolute Gasteiger partial charge is 0.497 e. The minimum Gasteiger partial charge on any atom is -0.497 e. The molecule has 0 atom stereocenters. The minimum atomic E-state index is -0.479. The number of ether oxygens (including phenoxy) is 2. The van der Waals surface area contributed by atoms with Crippen molar-refractivity contribution < 1.29 is 19.1 Å². The van der Waals surface area contributed by atoms with Crippen molar-refractivity contribution in [3.8, 4) is 11.5 Å². The van der Waals surface area contributed by atoms with Crippen LogP contribution in [-0.2, 0) is 6.61 Å². The lowest BCUT2D eigenvalue weighted by Gasteiger charge is -2.09. The number of hydrogen-bond acceptors (Lipinski definition) is 4.